The number of piperazine rings is 1. The van der Waals surface area contributed by atoms with E-state index in [-0.39, 0.29) is 6.09 Å². The zero-order valence-electron chi connectivity index (χ0n) is 13.6. The first-order valence-corrected chi connectivity index (χ1v) is 8.40. The molecular weight excluding hydrogens is 266 g/mol. The lowest BCUT2D eigenvalue weighted by molar-refractivity contribution is 0.00736. The van der Waals surface area contributed by atoms with Crippen LogP contribution in [-0.2, 0) is 4.74 Å². The fourth-order valence-corrected chi connectivity index (χ4v) is 4.08. The number of amides is 1. The number of carbonyl (C=O) groups excluding carboxylic acids is 1. The van der Waals surface area contributed by atoms with Crippen LogP contribution in [0.5, 0.6) is 0 Å². The molecule has 3 fully saturated rings. The molecule has 3 aliphatic heterocycles. The van der Waals surface area contributed by atoms with Crippen molar-refractivity contribution in [2.45, 2.75) is 70.2 Å². The van der Waals surface area contributed by atoms with Gasteiger partial charge in [-0.1, -0.05) is 0 Å². The first-order chi connectivity index (χ1) is 9.94. The number of likely N-dealkylation sites (tertiary alicyclic amines) is 1. The minimum Gasteiger partial charge on any atom is -0.444 e. The third-order valence-electron chi connectivity index (χ3n) is 4.97. The van der Waals surface area contributed by atoms with Gasteiger partial charge >= 0.3 is 6.09 Å². The van der Waals surface area contributed by atoms with Crippen molar-refractivity contribution in [2.75, 3.05) is 26.2 Å². The van der Waals surface area contributed by atoms with E-state index in [4.69, 9.17) is 4.74 Å². The molecule has 5 heteroatoms. The summed E-state index contributed by atoms with van der Waals surface area (Å²) in [5.74, 6) is 0. The number of nitrogens with one attached hydrogen (secondary N) is 1. The van der Waals surface area contributed by atoms with Crippen LogP contribution < -0.4 is 5.32 Å². The van der Waals surface area contributed by atoms with Crippen LogP contribution in [0.4, 0.5) is 4.79 Å². The highest BCUT2D eigenvalue weighted by Gasteiger charge is 2.41. The predicted molar refractivity (Wildman–Crippen MR) is 82.3 cm³/mol. The molecule has 1 N–H and O–H groups in total. The molecule has 3 saturated heterocycles. The van der Waals surface area contributed by atoms with Crippen LogP contribution in [0.2, 0.25) is 0 Å². The largest absolute Gasteiger partial charge is 0.444 e. The normalized spacial score (nSPS) is 31.5. The predicted octanol–water partition coefficient (Wildman–Crippen LogP) is 1.82. The summed E-state index contributed by atoms with van der Waals surface area (Å²) >= 11 is 0. The molecule has 0 radical (unpaired) electrons. The summed E-state index contributed by atoms with van der Waals surface area (Å²) in [7, 11) is 0. The van der Waals surface area contributed by atoms with Crippen molar-refractivity contribution in [1.82, 2.24) is 15.1 Å². The monoisotopic (exact) mass is 295 g/mol. The first kappa shape index (κ1) is 15.1. The summed E-state index contributed by atoms with van der Waals surface area (Å²) < 4.78 is 5.48. The molecule has 3 heterocycles. The number of nitrogens with zero attached hydrogens (tertiary/aromatic N) is 2. The molecular formula is C16H29N3O2. The van der Waals surface area contributed by atoms with Gasteiger partial charge in [-0.3, -0.25) is 4.90 Å². The van der Waals surface area contributed by atoms with E-state index >= 15 is 0 Å². The SMILES string of the molecule is CC(C)(C)OC(=O)N1CCC(N2[C@@H]3CC[C@H]2CNC3)CC1. The summed E-state index contributed by atoms with van der Waals surface area (Å²) in [5.41, 5.74) is -0.397. The lowest BCUT2D eigenvalue weighted by Crippen LogP contribution is -2.58. The highest BCUT2D eigenvalue weighted by Crippen LogP contribution is 2.32. The summed E-state index contributed by atoms with van der Waals surface area (Å²) in [4.78, 5) is 16.8. The van der Waals surface area contributed by atoms with Gasteiger partial charge in [-0.05, 0) is 46.5 Å². The van der Waals surface area contributed by atoms with E-state index in [2.05, 4.69) is 10.2 Å². The lowest BCUT2D eigenvalue weighted by Gasteiger charge is -2.44. The Balaban J connectivity index is 1.52. The van der Waals surface area contributed by atoms with Gasteiger partial charge in [0.05, 0.1) is 0 Å². The van der Waals surface area contributed by atoms with Crippen LogP contribution in [0.3, 0.4) is 0 Å². The molecule has 0 spiro atoms. The standard InChI is InChI=1S/C16H29N3O2/c1-16(2,3)21-15(20)18-8-6-12(7-9-18)19-13-4-5-14(19)11-17-10-13/h12-14,17H,4-11H2,1-3H3/t13-,14+. The number of carbonyl (C=O) groups is 1. The van der Waals surface area contributed by atoms with Crippen molar-refractivity contribution in [3.63, 3.8) is 0 Å². The van der Waals surface area contributed by atoms with Gasteiger partial charge in [-0.15, -0.1) is 0 Å². The smallest absolute Gasteiger partial charge is 0.410 e. The van der Waals surface area contributed by atoms with Gasteiger partial charge in [-0.25, -0.2) is 4.79 Å². The van der Waals surface area contributed by atoms with Crippen LogP contribution in [-0.4, -0.2) is 65.8 Å². The Bertz CT molecular complexity index is 369. The first-order valence-electron chi connectivity index (χ1n) is 8.40. The highest BCUT2D eigenvalue weighted by molar-refractivity contribution is 5.68. The molecule has 2 bridgehead atoms. The average Bonchev–Trinajstić information content (AvgIpc) is 2.66. The molecule has 0 aromatic heterocycles. The molecule has 5 nitrogen and oxygen atoms in total. The molecule has 21 heavy (non-hydrogen) atoms. The van der Waals surface area contributed by atoms with Crippen LogP contribution in [0.15, 0.2) is 0 Å². The molecule has 3 aliphatic rings. The Morgan fingerprint density at radius 1 is 1.00 bits per heavy atom. The van der Waals surface area contributed by atoms with Crippen molar-refractivity contribution in [2.24, 2.45) is 0 Å². The number of fused-ring (bicyclic) bond motifs is 2. The van der Waals surface area contributed by atoms with E-state index in [9.17, 15) is 4.79 Å². The fraction of sp³-hybridized carbons (Fsp3) is 0.938. The summed E-state index contributed by atoms with van der Waals surface area (Å²) in [6, 6.07) is 2.10. The second-order valence-corrected chi connectivity index (χ2v) is 7.69. The summed E-state index contributed by atoms with van der Waals surface area (Å²) in [5, 5.41) is 3.54. The minimum atomic E-state index is -0.397. The molecule has 0 aliphatic carbocycles. The maximum absolute atomic E-state index is 12.1. The second kappa shape index (κ2) is 5.76. The fourth-order valence-electron chi connectivity index (χ4n) is 4.08. The topological polar surface area (TPSA) is 44.8 Å². The quantitative estimate of drug-likeness (QED) is 0.801. The maximum Gasteiger partial charge on any atom is 0.410 e. The van der Waals surface area contributed by atoms with E-state index in [1.54, 1.807) is 0 Å². The molecule has 0 aromatic rings. The number of hydrogen-bond acceptors (Lipinski definition) is 4. The second-order valence-electron chi connectivity index (χ2n) is 7.69. The third kappa shape index (κ3) is 3.34. The van der Waals surface area contributed by atoms with E-state index in [1.807, 2.05) is 25.7 Å². The van der Waals surface area contributed by atoms with Gasteiger partial charge in [0.1, 0.15) is 5.60 Å². The Labute approximate surface area is 128 Å². The van der Waals surface area contributed by atoms with Crippen molar-refractivity contribution in [1.29, 1.82) is 0 Å². The van der Waals surface area contributed by atoms with Crippen LogP contribution >= 0.6 is 0 Å². The molecule has 0 saturated carbocycles. The number of hydrogen-bond donors (Lipinski definition) is 1. The number of piperidine rings is 1. The Morgan fingerprint density at radius 3 is 2.10 bits per heavy atom. The summed E-state index contributed by atoms with van der Waals surface area (Å²) in [6.45, 7) is 9.74. The highest BCUT2D eigenvalue weighted by atomic mass is 16.6. The van der Waals surface area contributed by atoms with E-state index < -0.39 is 5.60 Å². The van der Waals surface area contributed by atoms with Gasteiger partial charge in [0.25, 0.3) is 0 Å². The van der Waals surface area contributed by atoms with Gasteiger partial charge in [0.15, 0.2) is 0 Å². The van der Waals surface area contributed by atoms with Crippen LogP contribution in [0.1, 0.15) is 46.5 Å². The lowest BCUT2D eigenvalue weighted by atomic mass is 10.00. The zero-order chi connectivity index (χ0) is 15.0. The summed E-state index contributed by atoms with van der Waals surface area (Å²) in [6.07, 6.45) is 4.70. The van der Waals surface area contributed by atoms with E-state index in [0.29, 0.717) is 6.04 Å². The molecule has 0 unspecified atom stereocenters. The van der Waals surface area contributed by atoms with Gasteiger partial charge in [0, 0.05) is 44.3 Å². The Morgan fingerprint density at radius 2 is 1.57 bits per heavy atom. The van der Waals surface area contributed by atoms with E-state index in [1.165, 1.54) is 12.8 Å². The van der Waals surface area contributed by atoms with Crippen molar-refractivity contribution in [3.05, 3.63) is 0 Å². The van der Waals surface area contributed by atoms with Gasteiger partial charge in [-0.2, -0.15) is 0 Å². The van der Waals surface area contributed by atoms with Crippen molar-refractivity contribution in [3.8, 4) is 0 Å². The Kier molecular flexibility index (Phi) is 4.14. The third-order valence-corrected chi connectivity index (χ3v) is 4.97. The van der Waals surface area contributed by atoms with E-state index in [0.717, 1.165) is 51.1 Å². The van der Waals surface area contributed by atoms with Crippen molar-refractivity contribution < 1.29 is 9.53 Å². The molecule has 0 aromatic carbocycles. The van der Waals surface area contributed by atoms with Gasteiger partial charge in [0.2, 0.25) is 0 Å². The maximum atomic E-state index is 12.1. The van der Waals surface area contributed by atoms with Crippen LogP contribution in [0, 0.1) is 0 Å². The molecule has 1 amide bonds. The number of rotatable bonds is 1. The Hall–Kier alpha value is -0.810. The average molecular weight is 295 g/mol. The van der Waals surface area contributed by atoms with Crippen LogP contribution in [0.25, 0.3) is 0 Å². The van der Waals surface area contributed by atoms with Crippen molar-refractivity contribution >= 4 is 6.09 Å². The zero-order valence-corrected chi connectivity index (χ0v) is 13.6. The molecule has 3 rings (SSSR count). The van der Waals surface area contributed by atoms with Gasteiger partial charge < -0.3 is 15.0 Å². The number of ether oxygens (including phenoxy) is 1. The minimum absolute atomic E-state index is 0.149. The molecule has 120 valence electrons. The molecule has 2 atom stereocenters.